The van der Waals surface area contributed by atoms with Crippen LogP contribution in [-0.2, 0) is 0 Å². The molecule has 0 aliphatic carbocycles. The van der Waals surface area contributed by atoms with Crippen LogP contribution >= 0.6 is 0 Å². The molecule has 90 valence electrons. The van der Waals surface area contributed by atoms with Gasteiger partial charge in [-0.05, 0) is 17.4 Å². The Bertz CT molecular complexity index is 334. The van der Waals surface area contributed by atoms with Gasteiger partial charge >= 0.3 is 0 Å². The van der Waals surface area contributed by atoms with Crippen molar-refractivity contribution in [1.29, 1.82) is 0 Å². The quantitative estimate of drug-likeness (QED) is 0.830. The van der Waals surface area contributed by atoms with E-state index < -0.39 is 0 Å². The Balaban J connectivity index is 2.60. The third-order valence-electron chi connectivity index (χ3n) is 3.22. The van der Waals surface area contributed by atoms with Crippen LogP contribution in [0.3, 0.4) is 0 Å². The average molecular weight is 222 g/mol. The Hall–Kier alpha value is -1.25. The van der Waals surface area contributed by atoms with E-state index in [1.54, 1.807) is 7.11 Å². The van der Waals surface area contributed by atoms with Crippen LogP contribution in [0.4, 0.5) is 5.82 Å². The normalized spacial score (nSPS) is 11.6. The fraction of sp³-hybridized carbons (Fsp3) is 0.615. The van der Waals surface area contributed by atoms with Crippen LogP contribution in [0.2, 0.25) is 0 Å². The molecule has 16 heavy (non-hydrogen) atoms. The summed E-state index contributed by atoms with van der Waals surface area (Å²) in [6, 6.07) is 5.74. The summed E-state index contributed by atoms with van der Waals surface area (Å²) in [5, 5.41) is 3.35. The smallest absolute Gasteiger partial charge is 0.214 e. The number of methoxy groups -OCH3 is 1. The largest absolute Gasteiger partial charge is 0.481 e. The molecule has 1 rings (SSSR count). The van der Waals surface area contributed by atoms with E-state index in [0.29, 0.717) is 11.8 Å². The van der Waals surface area contributed by atoms with Crippen molar-refractivity contribution in [1.82, 2.24) is 4.98 Å². The Morgan fingerprint density at radius 1 is 1.38 bits per heavy atom. The number of hydrogen-bond acceptors (Lipinski definition) is 3. The molecule has 1 aromatic rings. The molecule has 0 aliphatic rings. The lowest BCUT2D eigenvalue weighted by atomic mass is 9.81. The van der Waals surface area contributed by atoms with Crippen LogP contribution in [0, 0.1) is 11.3 Å². The standard InChI is InChI=1S/C13H22N2O/c1-10(2)13(3,4)9-14-11-7-6-8-12(15-11)16-5/h6-8,10H,9H2,1-5H3,(H,14,15). The van der Waals surface area contributed by atoms with E-state index in [0.717, 1.165) is 12.4 Å². The van der Waals surface area contributed by atoms with Crippen LogP contribution in [0.1, 0.15) is 27.7 Å². The molecule has 0 radical (unpaired) electrons. The number of pyridine rings is 1. The van der Waals surface area contributed by atoms with Gasteiger partial charge < -0.3 is 10.1 Å². The van der Waals surface area contributed by atoms with Gasteiger partial charge in [-0.15, -0.1) is 0 Å². The van der Waals surface area contributed by atoms with Crippen molar-refractivity contribution in [3.05, 3.63) is 18.2 Å². The lowest BCUT2D eigenvalue weighted by Crippen LogP contribution is -2.28. The minimum Gasteiger partial charge on any atom is -0.481 e. The summed E-state index contributed by atoms with van der Waals surface area (Å²) in [5.74, 6) is 2.14. The zero-order valence-electron chi connectivity index (χ0n) is 10.9. The molecule has 0 unspecified atom stereocenters. The highest BCUT2D eigenvalue weighted by Crippen LogP contribution is 2.26. The van der Waals surface area contributed by atoms with Gasteiger partial charge in [-0.3, -0.25) is 0 Å². The number of ether oxygens (including phenoxy) is 1. The van der Waals surface area contributed by atoms with Gasteiger partial charge in [-0.1, -0.05) is 33.8 Å². The fourth-order valence-corrected chi connectivity index (χ4v) is 1.15. The van der Waals surface area contributed by atoms with Gasteiger partial charge in [-0.2, -0.15) is 4.98 Å². The molecule has 0 aliphatic heterocycles. The van der Waals surface area contributed by atoms with E-state index in [1.807, 2.05) is 18.2 Å². The van der Waals surface area contributed by atoms with Gasteiger partial charge in [0.15, 0.2) is 0 Å². The summed E-state index contributed by atoms with van der Waals surface area (Å²) in [6.07, 6.45) is 0. The van der Waals surface area contributed by atoms with Gasteiger partial charge in [0.2, 0.25) is 5.88 Å². The minimum absolute atomic E-state index is 0.255. The van der Waals surface area contributed by atoms with E-state index in [9.17, 15) is 0 Å². The predicted octanol–water partition coefficient (Wildman–Crippen LogP) is 3.18. The maximum Gasteiger partial charge on any atom is 0.214 e. The van der Waals surface area contributed by atoms with Crippen molar-refractivity contribution in [3.8, 4) is 5.88 Å². The highest BCUT2D eigenvalue weighted by Gasteiger charge is 2.21. The van der Waals surface area contributed by atoms with Crippen molar-refractivity contribution in [3.63, 3.8) is 0 Å². The van der Waals surface area contributed by atoms with Crippen molar-refractivity contribution < 1.29 is 4.74 Å². The molecule has 0 bridgehead atoms. The third kappa shape index (κ3) is 3.40. The molecule has 1 aromatic heterocycles. The summed E-state index contributed by atoms with van der Waals surface area (Å²) in [7, 11) is 1.63. The lowest BCUT2D eigenvalue weighted by Gasteiger charge is -2.29. The summed E-state index contributed by atoms with van der Waals surface area (Å²) in [6.45, 7) is 9.89. The Kier molecular flexibility index (Phi) is 4.16. The molecule has 0 saturated carbocycles. The zero-order chi connectivity index (χ0) is 12.2. The van der Waals surface area contributed by atoms with E-state index in [-0.39, 0.29) is 5.41 Å². The second-order valence-electron chi connectivity index (χ2n) is 5.06. The summed E-state index contributed by atoms with van der Waals surface area (Å²) in [5.41, 5.74) is 0.255. The Morgan fingerprint density at radius 3 is 2.62 bits per heavy atom. The van der Waals surface area contributed by atoms with Gasteiger partial charge in [0.05, 0.1) is 7.11 Å². The number of nitrogens with zero attached hydrogens (tertiary/aromatic N) is 1. The minimum atomic E-state index is 0.255. The molecule has 1 N–H and O–H groups in total. The monoisotopic (exact) mass is 222 g/mol. The lowest BCUT2D eigenvalue weighted by molar-refractivity contribution is 0.269. The molecule has 3 nitrogen and oxygen atoms in total. The maximum absolute atomic E-state index is 5.08. The number of hydrogen-bond donors (Lipinski definition) is 1. The Labute approximate surface area is 98.2 Å². The predicted molar refractivity (Wildman–Crippen MR) is 67.9 cm³/mol. The number of aromatic nitrogens is 1. The second kappa shape index (κ2) is 5.19. The average Bonchev–Trinajstić information content (AvgIpc) is 2.26. The maximum atomic E-state index is 5.08. The molecule has 0 aromatic carbocycles. The van der Waals surface area contributed by atoms with Crippen LogP contribution in [-0.4, -0.2) is 18.6 Å². The highest BCUT2D eigenvalue weighted by molar-refractivity contribution is 5.37. The van der Waals surface area contributed by atoms with Gasteiger partial charge in [0.25, 0.3) is 0 Å². The molecular weight excluding hydrogens is 200 g/mol. The van der Waals surface area contributed by atoms with Crippen LogP contribution in [0.15, 0.2) is 18.2 Å². The third-order valence-corrected chi connectivity index (χ3v) is 3.22. The molecule has 0 amide bonds. The van der Waals surface area contributed by atoms with Crippen molar-refractivity contribution in [2.75, 3.05) is 19.0 Å². The molecule has 0 spiro atoms. The SMILES string of the molecule is COc1cccc(NCC(C)(C)C(C)C)n1. The second-order valence-corrected chi connectivity index (χ2v) is 5.06. The van der Waals surface area contributed by atoms with Gasteiger partial charge in [0.1, 0.15) is 5.82 Å². The van der Waals surface area contributed by atoms with Crippen LogP contribution in [0.25, 0.3) is 0 Å². The van der Waals surface area contributed by atoms with Gasteiger partial charge in [-0.25, -0.2) is 0 Å². The molecule has 1 heterocycles. The Morgan fingerprint density at radius 2 is 2.06 bits per heavy atom. The highest BCUT2D eigenvalue weighted by atomic mass is 16.5. The molecule has 0 fully saturated rings. The molecule has 0 atom stereocenters. The first-order chi connectivity index (χ1) is 7.45. The van der Waals surface area contributed by atoms with Gasteiger partial charge in [0, 0.05) is 12.6 Å². The number of anilines is 1. The van der Waals surface area contributed by atoms with E-state index in [2.05, 4.69) is 38.0 Å². The molecular formula is C13H22N2O. The van der Waals surface area contributed by atoms with E-state index >= 15 is 0 Å². The summed E-state index contributed by atoms with van der Waals surface area (Å²) in [4.78, 5) is 4.32. The van der Waals surface area contributed by atoms with E-state index in [1.165, 1.54) is 0 Å². The zero-order valence-corrected chi connectivity index (χ0v) is 10.9. The molecule has 0 saturated heterocycles. The van der Waals surface area contributed by atoms with Crippen LogP contribution in [0.5, 0.6) is 5.88 Å². The van der Waals surface area contributed by atoms with Crippen LogP contribution < -0.4 is 10.1 Å². The molecule has 3 heteroatoms. The topological polar surface area (TPSA) is 34.1 Å². The number of nitrogens with one attached hydrogen (secondary N) is 1. The summed E-state index contributed by atoms with van der Waals surface area (Å²) < 4.78 is 5.08. The van der Waals surface area contributed by atoms with Crippen molar-refractivity contribution >= 4 is 5.82 Å². The first-order valence-electron chi connectivity index (χ1n) is 5.70. The van der Waals surface area contributed by atoms with Crippen molar-refractivity contribution in [2.24, 2.45) is 11.3 Å². The summed E-state index contributed by atoms with van der Waals surface area (Å²) >= 11 is 0. The first kappa shape index (κ1) is 12.8. The number of rotatable bonds is 5. The van der Waals surface area contributed by atoms with E-state index in [4.69, 9.17) is 4.74 Å². The van der Waals surface area contributed by atoms with Crippen molar-refractivity contribution in [2.45, 2.75) is 27.7 Å². The fourth-order valence-electron chi connectivity index (χ4n) is 1.15. The first-order valence-corrected chi connectivity index (χ1v) is 5.70.